The van der Waals surface area contributed by atoms with E-state index in [1.165, 1.54) is 16.7 Å². The van der Waals surface area contributed by atoms with Crippen molar-refractivity contribution in [3.63, 3.8) is 0 Å². The fourth-order valence-electron chi connectivity index (χ4n) is 2.26. The molecule has 0 atom stereocenters. The van der Waals surface area contributed by atoms with Gasteiger partial charge < -0.3 is 10.2 Å². The van der Waals surface area contributed by atoms with E-state index in [9.17, 15) is 9.59 Å². The third-order valence-corrected chi connectivity index (χ3v) is 6.03. The van der Waals surface area contributed by atoms with Crippen LogP contribution >= 0.6 is 39.3 Å². The van der Waals surface area contributed by atoms with Crippen molar-refractivity contribution >= 4 is 56.8 Å². The number of carbonyl (C=O) groups excluding carboxylic acids is 2. The molecule has 0 spiro atoms. The highest BCUT2D eigenvalue weighted by molar-refractivity contribution is 9.10. The molecule has 0 radical (unpaired) electrons. The summed E-state index contributed by atoms with van der Waals surface area (Å²) < 4.78 is 1.06. The third-order valence-electron chi connectivity index (χ3n) is 3.70. The Hall–Kier alpha value is -1.50. The van der Waals surface area contributed by atoms with Crippen molar-refractivity contribution < 1.29 is 9.59 Å². The van der Waals surface area contributed by atoms with Crippen LogP contribution in [-0.4, -0.2) is 36.6 Å². The van der Waals surface area contributed by atoms with E-state index in [0.717, 1.165) is 20.5 Å². The number of hydrogen-bond acceptors (Lipinski definition) is 3. The molecule has 4 nitrogen and oxygen atoms in total. The smallest absolute Gasteiger partial charge is 0.254 e. The molecule has 0 saturated heterocycles. The number of aryl methyl sites for hydroxylation is 2. The fourth-order valence-corrected chi connectivity index (χ4v) is 3.88. The topological polar surface area (TPSA) is 49.4 Å². The zero-order valence-corrected chi connectivity index (χ0v) is 18.2. The van der Waals surface area contributed by atoms with Crippen LogP contribution in [0.15, 0.2) is 39.7 Å². The number of benzene rings is 2. The van der Waals surface area contributed by atoms with Gasteiger partial charge in [-0.1, -0.05) is 27.5 Å². The normalized spacial score (nSPS) is 10.5. The van der Waals surface area contributed by atoms with E-state index in [0.29, 0.717) is 16.3 Å². The average Bonchev–Trinajstić information content (AvgIpc) is 2.56. The molecule has 0 aliphatic heterocycles. The predicted octanol–water partition coefficient (Wildman–Crippen LogP) is 5.15. The molecule has 0 aromatic heterocycles. The van der Waals surface area contributed by atoms with Gasteiger partial charge in [-0.05, 0) is 55.3 Å². The Labute approximate surface area is 171 Å². The van der Waals surface area contributed by atoms with Crippen molar-refractivity contribution in [1.82, 2.24) is 4.90 Å². The lowest BCUT2D eigenvalue weighted by atomic mass is 10.2. The van der Waals surface area contributed by atoms with Gasteiger partial charge in [0.25, 0.3) is 5.91 Å². The zero-order chi connectivity index (χ0) is 19.4. The lowest BCUT2D eigenvalue weighted by Crippen LogP contribution is -2.22. The molecule has 2 amide bonds. The second kappa shape index (κ2) is 8.93. The Morgan fingerprint density at radius 2 is 1.85 bits per heavy atom. The second-order valence-corrected chi connectivity index (χ2v) is 8.38. The maximum Gasteiger partial charge on any atom is 0.254 e. The first-order valence-corrected chi connectivity index (χ1v) is 10.0. The standard InChI is InChI=1S/C19H20BrClN2O2S/c1-11-8-17(12(2)7-15(11)20)26-10-18(24)22-13-5-6-14(16(21)9-13)19(25)23(3)4/h5-9H,10H2,1-4H3,(H,22,24). The van der Waals surface area contributed by atoms with Crippen LogP contribution in [0.2, 0.25) is 5.02 Å². The first-order chi connectivity index (χ1) is 12.2. The molecule has 2 rings (SSSR count). The predicted molar refractivity (Wildman–Crippen MR) is 112 cm³/mol. The molecule has 1 N–H and O–H groups in total. The summed E-state index contributed by atoms with van der Waals surface area (Å²) in [6, 6.07) is 9.01. The van der Waals surface area contributed by atoms with Gasteiger partial charge >= 0.3 is 0 Å². The van der Waals surface area contributed by atoms with Crippen molar-refractivity contribution in [3.05, 3.63) is 56.5 Å². The number of thioether (sulfide) groups is 1. The lowest BCUT2D eigenvalue weighted by Gasteiger charge is -2.13. The quantitative estimate of drug-likeness (QED) is 0.634. The van der Waals surface area contributed by atoms with Gasteiger partial charge in [0.15, 0.2) is 0 Å². The van der Waals surface area contributed by atoms with Gasteiger partial charge in [0.1, 0.15) is 0 Å². The monoisotopic (exact) mass is 454 g/mol. The van der Waals surface area contributed by atoms with Gasteiger partial charge in [0, 0.05) is 29.2 Å². The highest BCUT2D eigenvalue weighted by Crippen LogP contribution is 2.28. The molecule has 138 valence electrons. The number of nitrogens with zero attached hydrogens (tertiary/aromatic N) is 1. The molecule has 7 heteroatoms. The molecule has 2 aromatic rings. The molecule has 0 aliphatic carbocycles. The minimum atomic E-state index is -0.176. The molecule has 26 heavy (non-hydrogen) atoms. The van der Waals surface area contributed by atoms with Crippen LogP contribution in [0.25, 0.3) is 0 Å². The van der Waals surface area contributed by atoms with Crippen LogP contribution < -0.4 is 5.32 Å². The number of anilines is 1. The maximum atomic E-state index is 12.2. The zero-order valence-electron chi connectivity index (χ0n) is 15.0. The van der Waals surface area contributed by atoms with Crippen LogP contribution in [0, 0.1) is 13.8 Å². The summed E-state index contributed by atoms with van der Waals surface area (Å²) in [5, 5.41) is 3.13. The van der Waals surface area contributed by atoms with E-state index < -0.39 is 0 Å². The maximum absolute atomic E-state index is 12.2. The summed E-state index contributed by atoms with van der Waals surface area (Å²) >= 11 is 11.2. The highest BCUT2D eigenvalue weighted by atomic mass is 79.9. The van der Waals surface area contributed by atoms with E-state index in [2.05, 4.69) is 33.4 Å². The minimum Gasteiger partial charge on any atom is -0.345 e. The molecule has 0 aliphatic rings. The van der Waals surface area contributed by atoms with Gasteiger partial charge in [0.2, 0.25) is 5.91 Å². The van der Waals surface area contributed by atoms with Crippen LogP contribution in [0.5, 0.6) is 0 Å². The van der Waals surface area contributed by atoms with E-state index >= 15 is 0 Å². The van der Waals surface area contributed by atoms with E-state index in [1.807, 2.05) is 13.8 Å². The largest absolute Gasteiger partial charge is 0.345 e. The summed E-state index contributed by atoms with van der Waals surface area (Å²) in [7, 11) is 3.33. The highest BCUT2D eigenvalue weighted by Gasteiger charge is 2.14. The van der Waals surface area contributed by atoms with E-state index in [1.54, 1.807) is 32.3 Å². The van der Waals surface area contributed by atoms with E-state index in [-0.39, 0.29) is 17.6 Å². The number of carbonyl (C=O) groups is 2. The van der Waals surface area contributed by atoms with Crippen LogP contribution in [0.3, 0.4) is 0 Å². The number of halogens is 2. The Morgan fingerprint density at radius 1 is 1.15 bits per heavy atom. The lowest BCUT2D eigenvalue weighted by molar-refractivity contribution is -0.113. The minimum absolute atomic E-state index is 0.127. The fraction of sp³-hybridized carbons (Fsp3) is 0.263. The van der Waals surface area contributed by atoms with E-state index in [4.69, 9.17) is 11.6 Å². The molecule has 0 bridgehead atoms. The summed E-state index contributed by atoms with van der Waals surface area (Å²) in [5.74, 6) is -0.0139. The molecule has 0 saturated carbocycles. The Morgan fingerprint density at radius 3 is 2.46 bits per heavy atom. The first-order valence-electron chi connectivity index (χ1n) is 7.89. The van der Waals surface area contributed by atoms with Crippen LogP contribution in [-0.2, 0) is 4.79 Å². The Balaban J connectivity index is 2.01. The van der Waals surface area contributed by atoms with Crippen molar-refractivity contribution in [2.24, 2.45) is 0 Å². The number of rotatable bonds is 5. The summed E-state index contributed by atoms with van der Waals surface area (Å²) in [6.45, 7) is 4.04. The van der Waals surface area contributed by atoms with Gasteiger partial charge in [0.05, 0.1) is 16.3 Å². The molecule has 0 heterocycles. The van der Waals surface area contributed by atoms with Crippen molar-refractivity contribution in [2.45, 2.75) is 18.7 Å². The Bertz CT molecular complexity index is 856. The number of hydrogen-bond donors (Lipinski definition) is 1. The molecule has 0 fully saturated rings. The van der Waals surface area contributed by atoms with Gasteiger partial charge in [-0.25, -0.2) is 0 Å². The average molecular weight is 456 g/mol. The molecule has 0 unspecified atom stereocenters. The molecular weight excluding hydrogens is 436 g/mol. The van der Waals surface area contributed by atoms with Crippen molar-refractivity contribution in [3.8, 4) is 0 Å². The van der Waals surface area contributed by atoms with Crippen molar-refractivity contribution in [1.29, 1.82) is 0 Å². The number of amides is 2. The second-order valence-electron chi connectivity index (χ2n) is 6.10. The van der Waals surface area contributed by atoms with Crippen LogP contribution in [0.1, 0.15) is 21.5 Å². The Kier molecular flexibility index (Phi) is 7.15. The van der Waals surface area contributed by atoms with Crippen molar-refractivity contribution in [2.75, 3.05) is 25.2 Å². The third kappa shape index (κ3) is 5.25. The van der Waals surface area contributed by atoms with Crippen LogP contribution in [0.4, 0.5) is 5.69 Å². The van der Waals surface area contributed by atoms with Gasteiger partial charge in [-0.2, -0.15) is 0 Å². The molecular formula is C19H20BrClN2O2S. The number of nitrogens with one attached hydrogen (secondary N) is 1. The van der Waals surface area contributed by atoms with Gasteiger partial charge in [-0.3, -0.25) is 9.59 Å². The summed E-state index contributed by atoms with van der Waals surface area (Å²) in [4.78, 5) is 26.7. The SMILES string of the molecule is Cc1cc(SCC(=O)Nc2ccc(C(=O)N(C)C)c(Cl)c2)c(C)cc1Br. The molecule has 2 aromatic carbocycles. The van der Waals surface area contributed by atoms with Gasteiger partial charge in [-0.15, -0.1) is 11.8 Å². The first kappa shape index (κ1) is 20.8. The summed E-state index contributed by atoms with van der Waals surface area (Å²) in [6.07, 6.45) is 0. The summed E-state index contributed by atoms with van der Waals surface area (Å²) in [5.41, 5.74) is 3.23.